The second kappa shape index (κ2) is 4.43. The topological polar surface area (TPSA) is 29.5 Å². The van der Waals surface area contributed by atoms with Crippen LogP contribution in [0.3, 0.4) is 0 Å². The van der Waals surface area contributed by atoms with Crippen molar-refractivity contribution in [2.24, 2.45) is 0 Å². The number of rotatable bonds is 4. The molecule has 80 valence electrons. The van der Waals surface area contributed by atoms with Gasteiger partial charge < -0.3 is 9.84 Å². The fraction of sp³-hybridized carbons (Fsp3) is 0.636. The molecule has 1 aromatic rings. The third-order valence-electron chi connectivity index (χ3n) is 2.32. The first-order chi connectivity index (χ1) is 6.49. The van der Waals surface area contributed by atoms with Gasteiger partial charge in [0.1, 0.15) is 6.10 Å². The van der Waals surface area contributed by atoms with Crippen LogP contribution in [-0.2, 0) is 4.74 Å². The summed E-state index contributed by atoms with van der Waals surface area (Å²) in [6.45, 7) is 8.40. The van der Waals surface area contributed by atoms with E-state index in [1.807, 2.05) is 39.1 Å². The molecule has 0 aliphatic heterocycles. The number of ether oxygens (including phenoxy) is 1. The summed E-state index contributed by atoms with van der Waals surface area (Å²) in [4.78, 5) is 1.00. The Morgan fingerprint density at radius 1 is 1.57 bits per heavy atom. The van der Waals surface area contributed by atoms with E-state index in [4.69, 9.17) is 4.74 Å². The average Bonchev–Trinajstić information content (AvgIpc) is 2.50. The zero-order chi connectivity index (χ0) is 10.8. The number of aryl methyl sites for hydroxylation is 1. The van der Waals surface area contributed by atoms with Crippen molar-refractivity contribution in [3.8, 4) is 0 Å². The van der Waals surface area contributed by atoms with E-state index in [1.165, 1.54) is 0 Å². The van der Waals surface area contributed by atoms with E-state index in [2.05, 4.69) is 0 Å². The molecular formula is C11H18O2S. The van der Waals surface area contributed by atoms with E-state index in [0.29, 0.717) is 6.61 Å². The summed E-state index contributed by atoms with van der Waals surface area (Å²) in [7, 11) is 0. The van der Waals surface area contributed by atoms with E-state index >= 15 is 0 Å². The molecular weight excluding hydrogens is 196 g/mol. The van der Waals surface area contributed by atoms with Gasteiger partial charge in [0.25, 0.3) is 0 Å². The Balaban J connectivity index is 2.84. The van der Waals surface area contributed by atoms with Crippen LogP contribution in [0.1, 0.15) is 37.3 Å². The molecule has 14 heavy (non-hydrogen) atoms. The SMILES string of the molecule is CCOC(C)(C)C(O)c1sccc1C. The van der Waals surface area contributed by atoms with Crippen LogP contribution in [0, 0.1) is 6.92 Å². The number of hydrogen-bond donors (Lipinski definition) is 1. The highest BCUT2D eigenvalue weighted by atomic mass is 32.1. The smallest absolute Gasteiger partial charge is 0.117 e. The molecule has 0 fully saturated rings. The molecule has 1 unspecified atom stereocenters. The summed E-state index contributed by atoms with van der Waals surface area (Å²) in [5.74, 6) is 0. The Labute approximate surface area is 89.5 Å². The monoisotopic (exact) mass is 214 g/mol. The Hall–Kier alpha value is -0.380. The minimum Gasteiger partial charge on any atom is -0.385 e. The highest BCUT2D eigenvalue weighted by Gasteiger charge is 2.31. The number of aliphatic hydroxyl groups is 1. The highest BCUT2D eigenvalue weighted by Crippen LogP contribution is 2.33. The van der Waals surface area contributed by atoms with Crippen LogP contribution in [0.4, 0.5) is 0 Å². The molecule has 2 nitrogen and oxygen atoms in total. The van der Waals surface area contributed by atoms with Crippen LogP contribution in [0.2, 0.25) is 0 Å². The normalized spacial score (nSPS) is 14.4. The average molecular weight is 214 g/mol. The Morgan fingerprint density at radius 3 is 2.64 bits per heavy atom. The van der Waals surface area contributed by atoms with Gasteiger partial charge in [0.15, 0.2) is 0 Å². The predicted molar refractivity (Wildman–Crippen MR) is 59.7 cm³/mol. The molecule has 1 atom stereocenters. The van der Waals surface area contributed by atoms with Crippen LogP contribution >= 0.6 is 11.3 Å². The van der Waals surface area contributed by atoms with Crippen LogP contribution in [0.15, 0.2) is 11.4 Å². The van der Waals surface area contributed by atoms with Crippen molar-refractivity contribution in [2.75, 3.05) is 6.61 Å². The quantitative estimate of drug-likeness (QED) is 0.835. The molecule has 1 N–H and O–H groups in total. The molecule has 0 aromatic carbocycles. The molecule has 0 aliphatic carbocycles. The largest absolute Gasteiger partial charge is 0.385 e. The summed E-state index contributed by atoms with van der Waals surface area (Å²) in [5, 5.41) is 12.1. The maximum atomic E-state index is 10.1. The molecule has 0 aliphatic rings. The van der Waals surface area contributed by atoms with Gasteiger partial charge in [0, 0.05) is 11.5 Å². The lowest BCUT2D eigenvalue weighted by atomic mass is 9.98. The standard InChI is InChI=1S/C11H18O2S/c1-5-13-11(3,4)10(12)9-8(2)6-7-14-9/h6-7,10,12H,5H2,1-4H3. The maximum Gasteiger partial charge on any atom is 0.117 e. The summed E-state index contributed by atoms with van der Waals surface area (Å²) >= 11 is 1.58. The van der Waals surface area contributed by atoms with E-state index in [9.17, 15) is 5.11 Å². The molecule has 0 bridgehead atoms. The van der Waals surface area contributed by atoms with E-state index in [0.717, 1.165) is 10.4 Å². The van der Waals surface area contributed by atoms with Gasteiger partial charge in [-0.05, 0) is 44.7 Å². The van der Waals surface area contributed by atoms with Gasteiger partial charge >= 0.3 is 0 Å². The summed E-state index contributed by atoms with van der Waals surface area (Å²) < 4.78 is 5.53. The first kappa shape index (κ1) is 11.7. The maximum absolute atomic E-state index is 10.1. The van der Waals surface area contributed by atoms with Crippen molar-refractivity contribution in [1.82, 2.24) is 0 Å². The van der Waals surface area contributed by atoms with Gasteiger partial charge in [-0.1, -0.05) is 0 Å². The summed E-state index contributed by atoms with van der Waals surface area (Å²) in [6.07, 6.45) is -0.539. The third kappa shape index (κ3) is 2.35. The zero-order valence-corrected chi connectivity index (χ0v) is 10.0. The Bertz CT molecular complexity index is 291. The number of thiophene rings is 1. The zero-order valence-electron chi connectivity index (χ0n) is 9.20. The lowest BCUT2D eigenvalue weighted by molar-refractivity contribution is -0.0971. The Morgan fingerprint density at radius 2 is 2.21 bits per heavy atom. The lowest BCUT2D eigenvalue weighted by Crippen LogP contribution is -2.32. The molecule has 1 aromatic heterocycles. The fourth-order valence-electron chi connectivity index (χ4n) is 1.43. The fourth-order valence-corrected chi connectivity index (χ4v) is 2.52. The van der Waals surface area contributed by atoms with Gasteiger partial charge in [-0.25, -0.2) is 0 Å². The molecule has 0 radical (unpaired) electrons. The van der Waals surface area contributed by atoms with E-state index < -0.39 is 11.7 Å². The minimum absolute atomic E-state index is 0.510. The van der Waals surface area contributed by atoms with Crippen LogP contribution < -0.4 is 0 Å². The van der Waals surface area contributed by atoms with Crippen molar-refractivity contribution >= 4 is 11.3 Å². The third-order valence-corrected chi connectivity index (χ3v) is 3.40. The van der Waals surface area contributed by atoms with Crippen molar-refractivity contribution in [2.45, 2.75) is 39.4 Å². The van der Waals surface area contributed by atoms with Crippen LogP contribution in [0.25, 0.3) is 0 Å². The van der Waals surface area contributed by atoms with Crippen molar-refractivity contribution in [3.05, 3.63) is 21.9 Å². The predicted octanol–water partition coefficient (Wildman–Crippen LogP) is 2.91. The minimum atomic E-state index is -0.539. The number of aliphatic hydroxyl groups excluding tert-OH is 1. The van der Waals surface area contributed by atoms with Crippen LogP contribution in [-0.4, -0.2) is 17.3 Å². The lowest BCUT2D eigenvalue weighted by Gasteiger charge is -2.30. The van der Waals surface area contributed by atoms with E-state index in [1.54, 1.807) is 11.3 Å². The van der Waals surface area contributed by atoms with Gasteiger partial charge in [0.2, 0.25) is 0 Å². The van der Waals surface area contributed by atoms with Gasteiger partial charge in [-0.2, -0.15) is 0 Å². The molecule has 3 heteroatoms. The number of hydrogen-bond acceptors (Lipinski definition) is 3. The first-order valence-electron chi connectivity index (χ1n) is 4.85. The molecule has 0 spiro atoms. The summed E-state index contributed by atoms with van der Waals surface area (Å²) in [6, 6.07) is 2.02. The van der Waals surface area contributed by atoms with Crippen LogP contribution in [0.5, 0.6) is 0 Å². The van der Waals surface area contributed by atoms with Gasteiger partial charge in [-0.15, -0.1) is 11.3 Å². The highest BCUT2D eigenvalue weighted by molar-refractivity contribution is 7.10. The summed E-state index contributed by atoms with van der Waals surface area (Å²) in [5.41, 5.74) is 0.625. The van der Waals surface area contributed by atoms with Gasteiger partial charge in [-0.3, -0.25) is 0 Å². The Kier molecular flexibility index (Phi) is 3.70. The molecule has 0 amide bonds. The second-order valence-corrected chi connectivity index (χ2v) is 4.85. The molecule has 1 rings (SSSR count). The molecule has 0 saturated heterocycles. The molecule has 0 saturated carbocycles. The van der Waals surface area contributed by atoms with Crippen molar-refractivity contribution in [1.29, 1.82) is 0 Å². The van der Waals surface area contributed by atoms with E-state index in [-0.39, 0.29) is 0 Å². The second-order valence-electron chi connectivity index (χ2n) is 3.91. The first-order valence-corrected chi connectivity index (χ1v) is 5.73. The molecule has 1 heterocycles. The van der Waals surface area contributed by atoms with Crippen molar-refractivity contribution in [3.63, 3.8) is 0 Å². The van der Waals surface area contributed by atoms with Gasteiger partial charge in [0.05, 0.1) is 5.60 Å². The van der Waals surface area contributed by atoms with Crippen molar-refractivity contribution < 1.29 is 9.84 Å².